The first-order valence-corrected chi connectivity index (χ1v) is 6.25. The third-order valence-corrected chi connectivity index (χ3v) is 3.12. The monoisotopic (exact) mass is 270 g/mol. The van der Waals surface area contributed by atoms with Crippen LogP contribution in [0.15, 0.2) is 12.1 Å². The largest absolute Gasteiger partial charge is 0.394 e. The third kappa shape index (κ3) is 3.66. The molecule has 0 spiro atoms. The van der Waals surface area contributed by atoms with Gasteiger partial charge in [-0.05, 0) is 31.4 Å². The number of carbonyl (C=O) groups excluding carboxylic acids is 1. The Morgan fingerprint density at radius 3 is 2.16 bits per heavy atom. The van der Waals surface area contributed by atoms with Gasteiger partial charge in [0.15, 0.2) is 0 Å². The first-order chi connectivity index (χ1) is 8.73. The van der Waals surface area contributed by atoms with E-state index in [9.17, 15) is 13.6 Å². The summed E-state index contributed by atoms with van der Waals surface area (Å²) in [5, 5.41) is 0. The Hall–Kier alpha value is -1.65. The number of nitrogens with zero attached hydrogens (tertiary/aromatic N) is 1. The number of halogens is 2. The van der Waals surface area contributed by atoms with Crippen LogP contribution in [0.2, 0.25) is 0 Å². The van der Waals surface area contributed by atoms with Crippen molar-refractivity contribution in [3.05, 3.63) is 29.3 Å². The van der Waals surface area contributed by atoms with E-state index < -0.39 is 23.2 Å². The van der Waals surface area contributed by atoms with Crippen molar-refractivity contribution in [1.29, 1.82) is 0 Å². The second-order valence-electron chi connectivity index (χ2n) is 5.25. The molecule has 0 fully saturated rings. The highest BCUT2D eigenvalue weighted by atomic mass is 19.1. The number of nitrogen functional groups attached to an aromatic ring is 1. The van der Waals surface area contributed by atoms with Crippen LogP contribution in [0.3, 0.4) is 0 Å². The Bertz CT molecular complexity index is 452. The zero-order valence-corrected chi connectivity index (χ0v) is 11.7. The van der Waals surface area contributed by atoms with Crippen molar-refractivity contribution in [3.63, 3.8) is 0 Å². The minimum Gasteiger partial charge on any atom is -0.394 e. The molecule has 2 N–H and O–H groups in total. The average molecular weight is 270 g/mol. The van der Waals surface area contributed by atoms with Crippen LogP contribution in [-0.2, 0) is 0 Å². The van der Waals surface area contributed by atoms with Crippen molar-refractivity contribution in [3.8, 4) is 0 Å². The minimum absolute atomic E-state index is 0.00354. The van der Waals surface area contributed by atoms with E-state index in [0.29, 0.717) is 5.92 Å². The lowest BCUT2D eigenvalue weighted by molar-refractivity contribution is 0.0727. The van der Waals surface area contributed by atoms with Crippen molar-refractivity contribution < 1.29 is 13.6 Å². The normalized spacial score (nSPS) is 12.6. The fourth-order valence-corrected chi connectivity index (χ4v) is 1.95. The standard InChI is InChI=1S/C14H20F2N2O/c1-8(2)5-9(3)18(4)14(19)10-6-11(15)13(17)12(16)7-10/h6-9H,5,17H2,1-4H3. The zero-order chi connectivity index (χ0) is 14.7. The molecule has 1 atom stereocenters. The van der Waals surface area contributed by atoms with E-state index in [1.165, 1.54) is 4.90 Å². The van der Waals surface area contributed by atoms with Gasteiger partial charge < -0.3 is 10.6 Å². The van der Waals surface area contributed by atoms with E-state index in [1.54, 1.807) is 7.05 Å². The molecule has 19 heavy (non-hydrogen) atoms. The van der Waals surface area contributed by atoms with Crippen molar-refractivity contribution >= 4 is 11.6 Å². The van der Waals surface area contributed by atoms with Crippen molar-refractivity contribution in [2.75, 3.05) is 12.8 Å². The highest BCUT2D eigenvalue weighted by Crippen LogP contribution is 2.19. The number of amides is 1. The van der Waals surface area contributed by atoms with Crippen LogP contribution < -0.4 is 5.73 Å². The molecule has 0 aliphatic rings. The summed E-state index contributed by atoms with van der Waals surface area (Å²) >= 11 is 0. The molecule has 0 saturated heterocycles. The molecule has 0 aromatic heterocycles. The van der Waals surface area contributed by atoms with Crippen LogP contribution in [0, 0.1) is 17.6 Å². The van der Waals surface area contributed by atoms with Crippen molar-refractivity contribution in [2.45, 2.75) is 33.2 Å². The van der Waals surface area contributed by atoms with Gasteiger partial charge in [-0.1, -0.05) is 13.8 Å². The van der Waals surface area contributed by atoms with Gasteiger partial charge in [0.25, 0.3) is 5.91 Å². The lowest BCUT2D eigenvalue weighted by Crippen LogP contribution is -2.36. The molecule has 1 amide bonds. The van der Waals surface area contributed by atoms with E-state index in [2.05, 4.69) is 13.8 Å². The number of benzene rings is 1. The smallest absolute Gasteiger partial charge is 0.254 e. The Labute approximate surface area is 112 Å². The Morgan fingerprint density at radius 1 is 1.26 bits per heavy atom. The number of anilines is 1. The lowest BCUT2D eigenvalue weighted by Gasteiger charge is -2.26. The number of nitrogens with two attached hydrogens (primary N) is 1. The molecule has 0 saturated carbocycles. The molecular weight excluding hydrogens is 250 g/mol. The fraction of sp³-hybridized carbons (Fsp3) is 0.500. The van der Waals surface area contributed by atoms with Crippen LogP contribution in [0.1, 0.15) is 37.6 Å². The number of hydrogen-bond donors (Lipinski definition) is 1. The summed E-state index contributed by atoms with van der Waals surface area (Å²) < 4.78 is 26.7. The van der Waals surface area contributed by atoms with Gasteiger partial charge in [0.2, 0.25) is 0 Å². The lowest BCUT2D eigenvalue weighted by atomic mass is 10.0. The highest BCUT2D eigenvalue weighted by molar-refractivity contribution is 5.94. The Balaban J connectivity index is 2.94. The summed E-state index contributed by atoms with van der Waals surface area (Å²) in [4.78, 5) is 13.6. The predicted molar refractivity (Wildman–Crippen MR) is 71.8 cm³/mol. The van der Waals surface area contributed by atoms with Crippen LogP contribution in [-0.4, -0.2) is 23.9 Å². The van der Waals surface area contributed by atoms with Crippen LogP contribution in [0.5, 0.6) is 0 Å². The zero-order valence-electron chi connectivity index (χ0n) is 11.7. The highest BCUT2D eigenvalue weighted by Gasteiger charge is 2.20. The molecular formula is C14H20F2N2O. The van der Waals surface area contributed by atoms with E-state index in [-0.39, 0.29) is 11.6 Å². The molecule has 0 bridgehead atoms. The molecule has 1 aromatic carbocycles. The maximum atomic E-state index is 13.3. The summed E-state index contributed by atoms with van der Waals surface area (Å²) in [5.74, 6) is -1.79. The van der Waals surface area contributed by atoms with Gasteiger partial charge in [0, 0.05) is 18.7 Å². The van der Waals surface area contributed by atoms with Gasteiger partial charge in [-0.15, -0.1) is 0 Å². The molecule has 0 aliphatic carbocycles. The first kappa shape index (κ1) is 15.4. The average Bonchev–Trinajstić information content (AvgIpc) is 2.32. The first-order valence-electron chi connectivity index (χ1n) is 6.25. The Morgan fingerprint density at radius 2 is 1.74 bits per heavy atom. The molecule has 0 radical (unpaired) electrons. The second-order valence-corrected chi connectivity index (χ2v) is 5.25. The SMILES string of the molecule is CC(C)CC(C)N(C)C(=O)c1cc(F)c(N)c(F)c1. The van der Waals surface area contributed by atoms with E-state index in [1.807, 2.05) is 6.92 Å². The van der Waals surface area contributed by atoms with Crippen LogP contribution >= 0.6 is 0 Å². The maximum Gasteiger partial charge on any atom is 0.254 e. The molecule has 5 heteroatoms. The van der Waals surface area contributed by atoms with Gasteiger partial charge in [-0.2, -0.15) is 0 Å². The molecule has 0 heterocycles. The summed E-state index contributed by atoms with van der Waals surface area (Å²) in [7, 11) is 1.63. The topological polar surface area (TPSA) is 46.3 Å². The number of rotatable bonds is 4. The van der Waals surface area contributed by atoms with E-state index >= 15 is 0 Å². The molecule has 1 rings (SSSR count). The van der Waals surface area contributed by atoms with Gasteiger partial charge in [-0.3, -0.25) is 4.79 Å². The van der Waals surface area contributed by atoms with Gasteiger partial charge >= 0.3 is 0 Å². The van der Waals surface area contributed by atoms with Gasteiger partial charge in [0.1, 0.15) is 17.3 Å². The third-order valence-electron chi connectivity index (χ3n) is 3.12. The van der Waals surface area contributed by atoms with Crippen molar-refractivity contribution in [2.24, 2.45) is 5.92 Å². The quantitative estimate of drug-likeness (QED) is 0.855. The Kier molecular flexibility index (Phi) is 4.86. The summed E-state index contributed by atoms with van der Waals surface area (Å²) in [6.07, 6.45) is 0.822. The summed E-state index contributed by atoms with van der Waals surface area (Å²) in [6, 6.07) is 1.94. The fourth-order valence-electron chi connectivity index (χ4n) is 1.95. The molecule has 106 valence electrons. The molecule has 3 nitrogen and oxygen atoms in total. The second kappa shape index (κ2) is 5.99. The van der Waals surface area contributed by atoms with Crippen molar-refractivity contribution in [1.82, 2.24) is 4.90 Å². The summed E-state index contributed by atoms with van der Waals surface area (Å²) in [5.41, 5.74) is 4.59. The van der Waals surface area contributed by atoms with Gasteiger partial charge in [-0.25, -0.2) is 8.78 Å². The number of hydrogen-bond acceptors (Lipinski definition) is 2. The van der Waals surface area contributed by atoms with Crippen LogP contribution in [0.25, 0.3) is 0 Å². The van der Waals surface area contributed by atoms with Gasteiger partial charge in [0.05, 0.1) is 0 Å². The summed E-state index contributed by atoms with van der Waals surface area (Å²) in [6.45, 7) is 6.01. The number of carbonyl (C=O) groups is 1. The van der Waals surface area contributed by atoms with E-state index in [0.717, 1.165) is 18.6 Å². The molecule has 1 unspecified atom stereocenters. The molecule has 0 aliphatic heterocycles. The predicted octanol–water partition coefficient (Wildman–Crippen LogP) is 3.05. The molecule has 1 aromatic rings. The maximum absolute atomic E-state index is 13.3. The van der Waals surface area contributed by atoms with E-state index in [4.69, 9.17) is 5.73 Å². The van der Waals surface area contributed by atoms with Crippen LogP contribution in [0.4, 0.5) is 14.5 Å². The minimum atomic E-state index is -0.909.